The lowest BCUT2D eigenvalue weighted by molar-refractivity contribution is -0.199. The Morgan fingerprint density at radius 1 is 1.20 bits per heavy atom. The van der Waals surface area contributed by atoms with Crippen molar-refractivity contribution < 1.29 is 14.3 Å². The maximum atomic E-state index is 12.6. The molecule has 1 aliphatic carbocycles. The van der Waals surface area contributed by atoms with Gasteiger partial charge in [0.25, 0.3) is 0 Å². The Kier molecular flexibility index (Phi) is 3.80. The number of hydrogen-bond acceptors (Lipinski definition) is 3. The zero-order valence-corrected chi connectivity index (χ0v) is 12.8. The molecule has 0 unspecified atom stereocenters. The summed E-state index contributed by atoms with van der Waals surface area (Å²) in [5.41, 5.74) is -0.303. The minimum Gasteiger partial charge on any atom is -0.378 e. The molecule has 20 heavy (non-hydrogen) atoms. The van der Waals surface area contributed by atoms with Crippen molar-refractivity contribution in [2.45, 2.75) is 76.1 Å². The van der Waals surface area contributed by atoms with Crippen LogP contribution in [0.25, 0.3) is 0 Å². The van der Waals surface area contributed by atoms with Gasteiger partial charge in [0.15, 0.2) is 0 Å². The van der Waals surface area contributed by atoms with E-state index in [1.54, 1.807) is 0 Å². The maximum absolute atomic E-state index is 12.6. The Hall–Kier alpha value is -0.610. The van der Waals surface area contributed by atoms with Gasteiger partial charge in [0.2, 0.25) is 5.91 Å². The first kappa shape index (κ1) is 14.3. The van der Waals surface area contributed by atoms with E-state index in [1.165, 1.54) is 12.8 Å². The molecule has 114 valence electrons. The molecule has 1 amide bonds. The van der Waals surface area contributed by atoms with Crippen LogP contribution in [0.2, 0.25) is 0 Å². The summed E-state index contributed by atoms with van der Waals surface area (Å²) in [6, 6.07) is 0. The van der Waals surface area contributed by atoms with E-state index in [-0.39, 0.29) is 23.2 Å². The van der Waals surface area contributed by atoms with E-state index in [9.17, 15) is 4.79 Å². The summed E-state index contributed by atoms with van der Waals surface area (Å²) in [6.45, 7) is 6.52. The summed E-state index contributed by atoms with van der Waals surface area (Å²) in [5.74, 6) is 0.250. The number of morpholine rings is 1. The van der Waals surface area contributed by atoms with Gasteiger partial charge in [-0.15, -0.1) is 0 Å². The maximum Gasteiger partial charge on any atom is 0.225 e. The molecule has 3 rings (SSSR count). The number of nitrogens with zero attached hydrogens (tertiary/aromatic N) is 1. The van der Waals surface area contributed by atoms with Gasteiger partial charge in [-0.1, -0.05) is 12.8 Å². The Morgan fingerprint density at radius 2 is 1.95 bits per heavy atom. The van der Waals surface area contributed by atoms with Gasteiger partial charge in [0, 0.05) is 19.7 Å². The molecule has 3 fully saturated rings. The van der Waals surface area contributed by atoms with Gasteiger partial charge in [-0.05, 0) is 39.5 Å². The summed E-state index contributed by atoms with van der Waals surface area (Å²) in [7, 11) is 0. The third kappa shape index (κ3) is 3.01. The molecule has 1 saturated carbocycles. The Morgan fingerprint density at radius 3 is 2.60 bits per heavy atom. The highest BCUT2D eigenvalue weighted by molar-refractivity contribution is 5.77. The van der Waals surface area contributed by atoms with Crippen LogP contribution in [0.4, 0.5) is 0 Å². The van der Waals surface area contributed by atoms with Crippen molar-refractivity contribution in [1.29, 1.82) is 0 Å². The highest BCUT2D eigenvalue weighted by atomic mass is 16.5. The van der Waals surface area contributed by atoms with Crippen LogP contribution in [0.1, 0.15) is 58.8 Å². The molecule has 0 aromatic carbocycles. The van der Waals surface area contributed by atoms with E-state index >= 15 is 0 Å². The first-order valence-electron chi connectivity index (χ1n) is 8.08. The highest BCUT2D eigenvalue weighted by Crippen LogP contribution is 2.40. The van der Waals surface area contributed by atoms with Crippen molar-refractivity contribution in [3.8, 4) is 0 Å². The van der Waals surface area contributed by atoms with E-state index in [4.69, 9.17) is 9.47 Å². The van der Waals surface area contributed by atoms with Gasteiger partial charge < -0.3 is 14.4 Å². The average molecular weight is 281 g/mol. The van der Waals surface area contributed by atoms with Crippen LogP contribution >= 0.6 is 0 Å². The smallest absolute Gasteiger partial charge is 0.225 e. The first-order valence-corrected chi connectivity index (χ1v) is 8.08. The fourth-order valence-electron chi connectivity index (χ4n) is 4.10. The van der Waals surface area contributed by atoms with Gasteiger partial charge in [-0.25, -0.2) is 0 Å². The zero-order valence-electron chi connectivity index (χ0n) is 12.8. The number of ether oxygens (including phenoxy) is 2. The molecule has 1 atom stereocenters. The van der Waals surface area contributed by atoms with E-state index in [1.807, 2.05) is 4.90 Å². The van der Waals surface area contributed by atoms with Crippen molar-refractivity contribution in [1.82, 2.24) is 4.90 Å². The Labute approximate surface area is 121 Å². The van der Waals surface area contributed by atoms with Crippen LogP contribution in [0.5, 0.6) is 0 Å². The molecule has 2 aliphatic heterocycles. The predicted octanol–water partition coefficient (Wildman–Crippen LogP) is 2.51. The number of hydrogen-bond donors (Lipinski definition) is 0. The second-order valence-corrected chi connectivity index (χ2v) is 7.34. The van der Waals surface area contributed by atoms with E-state index in [2.05, 4.69) is 13.8 Å². The van der Waals surface area contributed by atoms with Gasteiger partial charge in [0.05, 0.1) is 23.7 Å². The average Bonchev–Trinajstić information content (AvgIpc) is 2.99. The molecule has 0 aromatic rings. The predicted molar refractivity (Wildman–Crippen MR) is 76.5 cm³/mol. The van der Waals surface area contributed by atoms with Crippen molar-refractivity contribution in [2.75, 3.05) is 19.7 Å². The van der Waals surface area contributed by atoms with Crippen LogP contribution < -0.4 is 0 Å². The van der Waals surface area contributed by atoms with Crippen LogP contribution in [-0.2, 0) is 14.3 Å². The lowest BCUT2D eigenvalue weighted by Gasteiger charge is -2.49. The van der Waals surface area contributed by atoms with Crippen LogP contribution in [0, 0.1) is 0 Å². The Balaban J connectivity index is 1.66. The summed E-state index contributed by atoms with van der Waals surface area (Å²) in [5, 5.41) is 0. The molecule has 3 aliphatic rings. The number of carbonyl (C=O) groups excluding carboxylic acids is 1. The second kappa shape index (κ2) is 5.30. The summed E-state index contributed by atoms with van der Waals surface area (Å²) < 4.78 is 12.0. The number of amides is 1. The topological polar surface area (TPSA) is 38.8 Å². The van der Waals surface area contributed by atoms with Crippen molar-refractivity contribution in [3.05, 3.63) is 0 Å². The summed E-state index contributed by atoms with van der Waals surface area (Å²) >= 11 is 0. The third-order valence-electron chi connectivity index (χ3n) is 4.84. The van der Waals surface area contributed by atoms with E-state index in [0.29, 0.717) is 13.0 Å². The highest BCUT2D eigenvalue weighted by Gasteiger charge is 2.47. The fraction of sp³-hybridized carbons (Fsp3) is 0.938. The molecule has 0 bridgehead atoms. The molecule has 0 N–H and O–H groups in total. The second-order valence-electron chi connectivity index (χ2n) is 7.34. The van der Waals surface area contributed by atoms with E-state index in [0.717, 1.165) is 38.8 Å². The normalized spacial score (nSPS) is 31.9. The van der Waals surface area contributed by atoms with Gasteiger partial charge >= 0.3 is 0 Å². The standard InChI is InChI=1S/C16H27NO3/c1-15(2)11-17(12-16(20-15)7-3-4-8-16)14(18)10-13-6-5-9-19-13/h13H,3-12H2,1-2H3/t13-/m0/s1. The summed E-state index contributed by atoms with van der Waals surface area (Å²) in [6.07, 6.45) is 7.47. The zero-order chi connectivity index (χ0) is 14.2. The van der Waals surface area contributed by atoms with Crippen LogP contribution in [-0.4, -0.2) is 47.8 Å². The monoisotopic (exact) mass is 281 g/mol. The lowest BCUT2D eigenvalue weighted by Crippen LogP contribution is -2.60. The quantitative estimate of drug-likeness (QED) is 0.780. The minimum absolute atomic E-state index is 0.0755. The lowest BCUT2D eigenvalue weighted by atomic mass is 9.93. The van der Waals surface area contributed by atoms with Gasteiger partial charge in [-0.2, -0.15) is 0 Å². The fourth-order valence-corrected chi connectivity index (χ4v) is 4.10. The molecular formula is C16H27NO3. The van der Waals surface area contributed by atoms with E-state index < -0.39 is 0 Å². The van der Waals surface area contributed by atoms with Crippen molar-refractivity contribution in [2.24, 2.45) is 0 Å². The third-order valence-corrected chi connectivity index (χ3v) is 4.84. The molecule has 4 heteroatoms. The Bertz CT molecular complexity index is 368. The number of carbonyl (C=O) groups is 1. The van der Waals surface area contributed by atoms with Gasteiger partial charge in [0.1, 0.15) is 0 Å². The molecule has 2 heterocycles. The molecule has 1 spiro atoms. The molecule has 0 aromatic heterocycles. The van der Waals surface area contributed by atoms with Crippen LogP contribution in [0.15, 0.2) is 0 Å². The van der Waals surface area contributed by atoms with Crippen molar-refractivity contribution in [3.63, 3.8) is 0 Å². The molecule has 4 nitrogen and oxygen atoms in total. The van der Waals surface area contributed by atoms with Gasteiger partial charge in [-0.3, -0.25) is 4.79 Å². The first-order chi connectivity index (χ1) is 9.48. The number of rotatable bonds is 2. The largest absolute Gasteiger partial charge is 0.378 e. The van der Waals surface area contributed by atoms with Crippen molar-refractivity contribution >= 4 is 5.91 Å². The molecular weight excluding hydrogens is 254 g/mol. The molecule has 2 saturated heterocycles. The SMILES string of the molecule is CC1(C)CN(C(=O)C[C@@H]2CCCO2)CC2(CCCC2)O1. The molecule has 0 radical (unpaired) electrons. The summed E-state index contributed by atoms with van der Waals surface area (Å²) in [4.78, 5) is 14.6. The van der Waals surface area contributed by atoms with Crippen LogP contribution in [0.3, 0.4) is 0 Å². The minimum atomic E-state index is -0.227.